The van der Waals surface area contributed by atoms with Crippen LogP contribution in [0.15, 0.2) is 42.0 Å². The Morgan fingerprint density at radius 2 is 1.90 bits per heavy atom. The first-order valence-corrected chi connectivity index (χ1v) is 11.2. The van der Waals surface area contributed by atoms with E-state index in [0.29, 0.717) is 13.0 Å². The molecule has 0 N–H and O–H groups in total. The first kappa shape index (κ1) is 21.5. The molecule has 2 heterocycles. The number of Topliss-reactive ketones (excluding diaryl/α,β-unsaturated/α-hetero) is 1. The Morgan fingerprint density at radius 1 is 1.16 bits per heavy atom. The summed E-state index contributed by atoms with van der Waals surface area (Å²) in [5, 5.41) is 11.8. The second-order valence-corrected chi connectivity index (χ2v) is 8.92. The number of hydrogen-bond acceptors (Lipinski definition) is 5. The van der Waals surface area contributed by atoms with E-state index in [0.717, 1.165) is 24.0 Å². The Bertz CT molecular complexity index is 1030. The third kappa shape index (κ3) is 5.33. The summed E-state index contributed by atoms with van der Waals surface area (Å²) in [6, 6.07) is 14.7. The van der Waals surface area contributed by atoms with Crippen molar-refractivity contribution in [3.63, 3.8) is 0 Å². The van der Waals surface area contributed by atoms with Gasteiger partial charge < -0.3 is 14.4 Å². The number of hydrogen-bond donors (Lipinski definition) is 0. The molecule has 0 aromatic heterocycles. The molecule has 5 nitrogen and oxygen atoms in total. The maximum atomic E-state index is 12.6. The highest BCUT2D eigenvalue weighted by molar-refractivity contribution is 6.03. The van der Waals surface area contributed by atoms with Gasteiger partial charge in [0.2, 0.25) is 0 Å². The number of carbonyl (C=O) groups excluding carboxylic acids is 1. The Kier molecular flexibility index (Phi) is 6.41. The minimum Gasteiger partial charge on any atom is -0.372 e. The monoisotopic (exact) mass is 418 g/mol. The maximum Gasteiger partial charge on any atom is 0.173 e. The second kappa shape index (κ2) is 9.21. The number of rotatable bonds is 6. The predicted octanol–water partition coefficient (Wildman–Crippen LogP) is 5.24. The van der Waals surface area contributed by atoms with Crippen molar-refractivity contribution in [2.24, 2.45) is 0 Å². The Labute approximate surface area is 184 Å². The lowest BCUT2D eigenvalue weighted by Gasteiger charge is -2.29. The molecule has 2 aromatic carbocycles. The average Bonchev–Trinajstić information content (AvgIpc) is 3.14. The summed E-state index contributed by atoms with van der Waals surface area (Å²) in [6.45, 7) is 6.45. The Morgan fingerprint density at radius 3 is 2.61 bits per heavy atom. The third-order valence-electron chi connectivity index (χ3n) is 6.06. The van der Waals surface area contributed by atoms with E-state index in [-0.39, 0.29) is 23.9 Å². The van der Waals surface area contributed by atoms with Crippen LogP contribution in [0.2, 0.25) is 0 Å². The lowest BCUT2D eigenvalue weighted by atomic mass is 10.0. The number of anilines is 1. The molecule has 31 heavy (non-hydrogen) atoms. The number of benzene rings is 2. The molecule has 1 atom stereocenters. The van der Waals surface area contributed by atoms with Crippen LogP contribution in [0.4, 0.5) is 5.69 Å². The predicted molar refractivity (Wildman–Crippen MR) is 123 cm³/mol. The summed E-state index contributed by atoms with van der Waals surface area (Å²) in [7, 11) is 0. The van der Waals surface area contributed by atoms with Crippen molar-refractivity contribution in [1.82, 2.24) is 0 Å². The van der Waals surface area contributed by atoms with Gasteiger partial charge in [-0.1, -0.05) is 18.2 Å². The molecule has 0 aliphatic carbocycles. The highest BCUT2D eigenvalue weighted by atomic mass is 16.7. The molecule has 162 valence electrons. The molecular weight excluding hydrogens is 388 g/mol. The quantitative estimate of drug-likeness (QED) is 0.474. The lowest BCUT2D eigenvalue weighted by Crippen LogP contribution is -2.29. The average molecular weight is 419 g/mol. The van der Waals surface area contributed by atoms with Gasteiger partial charge in [-0.05, 0) is 80.1 Å². The van der Waals surface area contributed by atoms with Gasteiger partial charge in [0.05, 0.1) is 18.3 Å². The summed E-state index contributed by atoms with van der Waals surface area (Å²) >= 11 is 0. The number of ketones is 1. The Balaban J connectivity index is 1.45. The van der Waals surface area contributed by atoms with Crippen LogP contribution in [0.25, 0.3) is 16.8 Å². The second-order valence-electron chi connectivity index (χ2n) is 8.92. The first-order chi connectivity index (χ1) is 14.9. The summed E-state index contributed by atoms with van der Waals surface area (Å²) in [5.74, 6) is -0.753. The minimum atomic E-state index is -0.597. The zero-order valence-electron chi connectivity index (χ0n) is 18.4. The van der Waals surface area contributed by atoms with Crippen molar-refractivity contribution in [1.29, 1.82) is 5.26 Å². The molecule has 1 unspecified atom stereocenters. The van der Waals surface area contributed by atoms with E-state index in [9.17, 15) is 10.1 Å². The van der Waals surface area contributed by atoms with Crippen molar-refractivity contribution < 1.29 is 14.3 Å². The van der Waals surface area contributed by atoms with Crippen molar-refractivity contribution >= 4 is 28.3 Å². The van der Waals surface area contributed by atoms with E-state index >= 15 is 0 Å². The standard InChI is InChI=1S/C26H30N2O3/c1-26(2)30-18-24(31-26)10-11-25(29)22(17-27)15-19-6-7-21-16-23(9-8-20(21)14-19)28-12-4-3-5-13-28/h6-9,14-16,24H,3-5,10-13,18H2,1-2H3/b22-15+. The smallest absolute Gasteiger partial charge is 0.173 e. The van der Waals surface area contributed by atoms with Crippen LogP contribution < -0.4 is 4.90 Å². The maximum absolute atomic E-state index is 12.6. The molecule has 0 bridgehead atoms. The summed E-state index contributed by atoms with van der Waals surface area (Å²) in [5.41, 5.74) is 2.32. The van der Waals surface area contributed by atoms with E-state index < -0.39 is 5.79 Å². The highest BCUT2D eigenvalue weighted by Crippen LogP contribution is 2.27. The number of piperidine rings is 1. The fourth-order valence-electron chi connectivity index (χ4n) is 4.36. The van der Waals surface area contributed by atoms with Crippen LogP contribution >= 0.6 is 0 Å². The number of nitrogens with zero attached hydrogens (tertiary/aromatic N) is 2. The van der Waals surface area contributed by atoms with Crippen LogP contribution in [0, 0.1) is 11.3 Å². The molecular formula is C26H30N2O3. The summed E-state index contributed by atoms with van der Waals surface area (Å²) < 4.78 is 11.3. The van der Waals surface area contributed by atoms with Gasteiger partial charge in [0, 0.05) is 25.2 Å². The van der Waals surface area contributed by atoms with Crippen LogP contribution in [-0.4, -0.2) is 37.4 Å². The fourth-order valence-corrected chi connectivity index (χ4v) is 4.36. The van der Waals surface area contributed by atoms with Gasteiger partial charge in [-0.15, -0.1) is 0 Å². The van der Waals surface area contributed by atoms with Crippen LogP contribution in [-0.2, 0) is 14.3 Å². The van der Waals surface area contributed by atoms with Gasteiger partial charge in [0.15, 0.2) is 11.6 Å². The Hall–Kier alpha value is -2.68. The molecule has 2 saturated heterocycles. The molecule has 5 heteroatoms. The highest BCUT2D eigenvalue weighted by Gasteiger charge is 2.32. The zero-order valence-corrected chi connectivity index (χ0v) is 18.4. The number of nitriles is 1. The number of allylic oxidation sites excluding steroid dienone is 1. The molecule has 0 amide bonds. The van der Waals surface area contributed by atoms with E-state index in [1.54, 1.807) is 6.08 Å². The van der Waals surface area contributed by atoms with Gasteiger partial charge in [0.1, 0.15) is 6.07 Å². The molecule has 0 spiro atoms. The number of carbonyl (C=O) groups is 1. The SMILES string of the molecule is CC1(C)OCC(CCC(=O)/C(C#N)=C/c2ccc3cc(N4CCCCC4)ccc3c2)O1. The molecule has 2 aromatic rings. The van der Waals surface area contributed by atoms with Gasteiger partial charge in [0.25, 0.3) is 0 Å². The largest absolute Gasteiger partial charge is 0.372 e. The molecule has 2 aliphatic rings. The van der Waals surface area contributed by atoms with E-state index in [4.69, 9.17) is 9.47 Å². The third-order valence-corrected chi connectivity index (χ3v) is 6.06. The minimum absolute atomic E-state index is 0.103. The van der Waals surface area contributed by atoms with Gasteiger partial charge in [-0.3, -0.25) is 4.79 Å². The first-order valence-electron chi connectivity index (χ1n) is 11.2. The van der Waals surface area contributed by atoms with E-state index in [1.807, 2.05) is 26.0 Å². The molecule has 2 fully saturated rings. The van der Waals surface area contributed by atoms with Crippen LogP contribution in [0.1, 0.15) is 51.5 Å². The number of ether oxygens (including phenoxy) is 2. The zero-order chi connectivity index (χ0) is 21.8. The molecule has 0 radical (unpaired) electrons. The van der Waals surface area contributed by atoms with E-state index in [1.165, 1.54) is 30.3 Å². The molecule has 2 aliphatic heterocycles. The van der Waals surface area contributed by atoms with Crippen LogP contribution in [0.5, 0.6) is 0 Å². The summed E-state index contributed by atoms with van der Waals surface area (Å²) in [4.78, 5) is 15.0. The van der Waals surface area contributed by atoms with Crippen molar-refractivity contribution in [3.05, 3.63) is 47.5 Å². The topological polar surface area (TPSA) is 62.6 Å². The van der Waals surface area contributed by atoms with Gasteiger partial charge >= 0.3 is 0 Å². The molecule has 4 rings (SSSR count). The number of fused-ring (bicyclic) bond motifs is 1. The van der Waals surface area contributed by atoms with E-state index in [2.05, 4.69) is 35.2 Å². The van der Waals surface area contributed by atoms with Crippen molar-refractivity contribution in [3.8, 4) is 6.07 Å². The van der Waals surface area contributed by atoms with Crippen molar-refractivity contribution in [2.75, 3.05) is 24.6 Å². The molecule has 0 saturated carbocycles. The van der Waals surface area contributed by atoms with Gasteiger partial charge in [-0.25, -0.2) is 0 Å². The summed E-state index contributed by atoms with van der Waals surface area (Å²) in [6.07, 6.45) is 6.24. The van der Waals surface area contributed by atoms with Crippen LogP contribution in [0.3, 0.4) is 0 Å². The lowest BCUT2D eigenvalue weighted by molar-refractivity contribution is -0.140. The van der Waals surface area contributed by atoms with Gasteiger partial charge in [-0.2, -0.15) is 5.26 Å². The normalized spacial score (nSPS) is 21.3. The van der Waals surface area contributed by atoms with Crippen molar-refractivity contribution in [2.45, 2.75) is 57.8 Å². The fraction of sp³-hybridized carbons (Fsp3) is 0.462.